The van der Waals surface area contributed by atoms with E-state index in [1.807, 2.05) is 4.68 Å². The lowest BCUT2D eigenvalue weighted by molar-refractivity contribution is 0.215. The van der Waals surface area contributed by atoms with Crippen molar-refractivity contribution in [3.05, 3.63) is 16.6 Å². The van der Waals surface area contributed by atoms with E-state index in [0.717, 1.165) is 13.1 Å². The topological polar surface area (TPSA) is 78.8 Å². The van der Waals surface area contributed by atoms with Gasteiger partial charge in [0.2, 0.25) is 5.95 Å². The smallest absolute Gasteiger partial charge is 0.263 e. The molecule has 0 unspecified atom stereocenters. The first-order chi connectivity index (χ1) is 11.7. The first-order valence-corrected chi connectivity index (χ1v) is 9.07. The van der Waals surface area contributed by atoms with Crippen LogP contribution in [0.25, 0.3) is 11.0 Å². The van der Waals surface area contributed by atoms with E-state index in [0.29, 0.717) is 17.0 Å². The molecule has 1 aliphatic rings. The van der Waals surface area contributed by atoms with Crippen LogP contribution in [0.3, 0.4) is 0 Å². The summed E-state index contributed by atoms with van der Waals surface area (Å²) in [6, 6.07) is 0. The second-order valence-electron chi connectivity index (χ2n) is 8.68. The van der Waals surface area contributed by atoms with Gasteiger partial charge in [-0.25, -0.2) is 4.68 Å². The molecule has 0 aromatic carbocycles. The van der Waals surface area contributed by atoms with Crippen LogP contribution in [0.1, 0.15) is 46.5 Å². The third kappa shape index (κ3) is 3.71. The largest absolute Gasteiger partial charge is 0.355 e. The molecule has 0 bridgehead atoms. The van der Waals surface area contributed by atoms with Gasteiger partial charge in [-0.15, -0.1) is 0 Å². The predicted octanol–water partition coefficient (Wildman–Crippen LogP) is 2.41. The van der Waals surface area contributed by atoms with Gasteiger partial charge in [-0.05, 0) is 47.7 Å². The molecular formula is C18H30N6O. The zero-order chi connectivity index (χ0) is 18.2. The van der Waals surface area contributed by atoms with Crippen molar-refractivity contribution in [3.8, 4) is 0 Å². The third-order valence-electron chi connectivity index (χ3n) is 5.02. The van der Waals surface area contributed by atoms with Crippen molar-refractivity contribution >= 4 is 17.0 Å². The molecule has 3 rings (SSSR count). The van der Waals surface area contributed by atoms with Crippen molar-refractivity contribution in [1.29, 1.82) is 0 Å². The number of hydrogen-bond donors (Lipinski definition) is 2. The van der Waals surface area contributed by atoms with Gasteiger partial charge in [0.25, 0.3) is 5.56 Å². The zero-order valence-electron chi connectivity index (χ0n) is 16.0. The number of nitrogens with zero attached hydrogens (tertiary/aromatic N) is 4. The summed E-state index contributed by atoms with van der Waals surface area (Å²) in [5.41, 5.74) is 0.515. The molecule has 2 aromatic heterocycles. The summed E-state index contributed by atoms with van der Waals surface area (Å²) in [7, 11) is 4.24. The Morgan fingerprint density at radius 2 is 2.00 bits per heavy atom. The van der Waals surface area contributed by atoms with Crippen LogP contribution in [0.4, 0.5) is 5.95 Å². The minimum absolute atomic E-state index is 0.143. The molecule has 0 saturated heterocycles. The van der Waals surface area contributed by atoms with Crippen LogP contribution in [0.5, 0.6) is 0 Å². The van der Waals surface area contributed by atoms with Crippen molar-refractivity contribution in [1.82, 2.24) is 24.6 Å². The second-order valence-corrected chi connectivity index (χ2v) is 8.68. The Morgan fingerprint density at radius 3 is 2.60 bits per heavy atom. The van der Waals surface area contributed by atoms with E-state index in [4.69, 9.17) is 0 Å². The highest BCUT2D eigenvalue weighted by atomic mass is 16.1. The summed E-state index contributed by atoms with van der Waals surface area (Å²) < 4.78 is 1.81. The van der Waals surface area contributed by atoms with Gasteiger partial charge >= 0.3 is 0 Å². The van der Waals surface area contributed by atoms with E-state index in [-0.39, 0.29) is 16.5 Å². The predicted molar refractivity (Wildman–Crippen MR) is 101 cm³/mol. The van der Waals surface area contributed by atoms with Gasteiger partial charge in [0.05, 0.1) is 11.7 Å². The standard InChI is InChI=1S/C18H30N6O/c1-17(2,3)24-14-13(10-20-24)15(25)22-16(21-14)19-11-18(12-23(4)5)8-6-7-9-18/h10H,6-9,11-12H2,1-5H3,(H2,19,21,22,25). The van der Waals surface area contributed by atoms with Gasteiger partial charge in [-0.2, -0.15) is 10.1 Å². The fourth-order valence-corrected chi connectivity index (χ4v) is 3.95. The Balaban J connectivity index is 1.87. The Morgan fingerprint density at radius 1 is 1.32 bits per heavy atom. The molecule has 0 aliphatic heterocycles. The molecule has 1 saturated carbocycles. The number of hydrogen-bond acceptors (Lipinski definition) is 5. The van der Waals surface area contributed by atoms with Gasteiger partial charge < -0.3 is 10.2 Å². The van der Waals surface area contributed by atoms with Crippen LogP contribution >= 0.6 is 0 Å². The quantitative estimate of drug-likeness (QED) is 0.869. The minimum atomic E-state index is -0.225. The molecule has 2 heterocycles. The van der Waals surface area contributed by atoms with Crippen molar-refractivity contribution in [2.24, 2.45) is 5.41 Å². The summed E-state index contributed by atoms with van der Waals surface area (Å²) in [6.45, 7) is 8.04. The summed E-state index contributed by atoms with van der Waals surface area (Å²) in [6.07, 6.45) is 6.57. The van der Waals surface area contributed by atoms with Crippen molar-refractivity contribution in [2.45, 2.75) is 52.0 Å². The number of aromatic amines is 1. The molecule has 25 heavy (non-hydrogen) atoms. The van der Waals surface area contributed by atoms with Crippen molar-refractivity contribution in [2.75, 3.05) is 32.5 Å². The monoisotopic (exact) mass is 346 g/mol. The van der Waals surface area contributed by atoms with Gasteiger partial charge in [0.15, 0.2) is 5.65 Å². The second kappa shape index (κ2) is 6.44. The third-order valence-corrected chi connectivity index (χ3v) is 5.02. The molecule has 0 atom stereocenters. The molecule has 1 aliphatic carbocycles. The maximum absolute atomic E-state index is 12.4. The summed E-state index contributed by atoms with van der Waals surface area (Å²) in [5, 5.41) is 8.29. The van der Waals surface area contributed by atoms with Crippen LogP contribution < -0.4 is 10.9 Å². The normalized spacial score (nSPS) is 17.5. The SMILES string of the molecule is CN(C)CC1(CNc2nc3c(cnn3C(C)(C)C)c(=O)[nH]2)CCCC1. The molecule has 2 N–H and O–H groups in total. The Kier molecular flexibility index (Phi) is 4.62. The van der Waals surface area contributed by atoms with Gasteiger partial charge in [0.1, 0.15) is 5.39 Å². The fraction of sp³-hybridized carbons (Fsp3) is 0.722. The van der Waals surface area contributed by atoms with Crippen LogP contribution in [0, 0.1) is 5.41 Å². The summed E-state index contributed by atoms with van der Waals surface area (Å²) in [4.78, 5) is 22.2. The lowest BCUT2D eigenvalue weighted by Crippen LogP contribution is -2.37. The van der Waals surface area contributed by atoms with Crippen LogP contribution in [0.15, 0.2) is 11.0 Å². The number of H-pyrrole nitrogens is 1. The number of nitrogens with one attached hydrogen (secondary N) is 2. The van der Waals surface area contributed by atoms with E-state index in [9.17, 15) is 4.79 Å². The number of aromatic nitrogens is 4. The molecule has 0 radical (unpaired) electrons. The number of rotatable bonds is 5. The van der Waals surface area contributed by atoms with E-state index < -0.39 is 0 Å². The fourth-order valence-electron chi connectivity index (χ4n) is 3.95. The first kappa shape index (κ1) is 17.9. The molecule has 7 nitrogen and oxygen atoms in total. The first-order valence-electron chi connectivity index (χ1n) is 9.07. The van der Waals surface area contributed by atoms with Crippen LogP contribution in [-0.2, 0) is 5.54 Å². The summed E-state index contributed by atoms with van der Waals surface area (Å²) >= 11 is 0. The average Bonchev–Trinajstić information content (AvgIpc) is 3.11. The maximum Gasteiger partial charge on any atom is 0.263 e. The molecular weight excluding hydrogens is 316 g/mol. The lowest BCUT2D eigenvalue weighted by atomic mass is 9.85. The molecule has 1 fully saturated rings. The Bertz CT molecular complexity index is 792. The summed E-state index contributed by atoms with van der Waals surface area (Å²) in [5.74, 6) is 0.536. The van der Waals surface area contributed by atoms with Crippen LogP contribution in [0.2, 0.25) is 0 Å². The highest BCUT2D eigenvalue weighted by Crippen LogP contribution is 2.38. The van der Waals surface area contributed by atoms with E-state index >= 15 is 0 Å². The van der Waals surface area contributed by atoms with Gasteiger partial charge in [-0.1, -0.05) is 12.8 Å². The molecule has 138 valence electrons. The van der Waals surface area contributed by atoms with Crippen molar-refractivity contribution in [3.63, 3.8) is 0 Å². The molecule has 2 aromatic rings. The highest BCUT2D eigenvalue weighted by Gasteiger charge is 2.34. The number of fused-ring (bicyclic) bond motifs is 1. The van der Waals surface area contributed by atoms with Crippen LogP contribution in [-0.4, -0.2) is 51.8 Å². The Hall–Kier alpha value is -1.89. The zero-order valence-corrected chi connectivity index (χ0v) is 16.0. The molecule has 0 amide bonds. The Labute approximate surface area is 148 Å². The molecule has 0 spiro atoms. The van der Waals surface area contributed by atoms with Gasteiger partial charge in [-0.3, -0.25) is 9.78 Å². The minimum Gasteiger partial charge on any atom is -0.355 e. The van der Waals surface area contributed by atoms with E-state index in [1.54, 1.807) is 6.20 Å². The lowest BCUT2D eigenvalue weighted by Gasteiger charge is -2.32. The molecule has 7 heteroatoms. The number of anilines is 1. The van der Waals surface area contributed by atoms with E-state index in [2.05, 4.69) is 60.1 Å². The average molecular weight is 346 g/mol. The maximum atomic E-state index is 12.4. The highest BCUT2D eigenvalue weighted by molar-refractivity contribution is 5.74. The van der Waals surface area contributed by atoms with E-state index in [1.165, 1.54) is 25.7 Å². The van der Waals surface area contributed by atoms with Crippen molar-refractivity contribution < 1.29 is 0 Å². The van der Waals surface area contributed by atoms with Gasteiger partial charge in [0, 0.05) is 18.5 Å².